The third kappa shape index (κ3) is 0.879. The normalized spacial score (nSPS) is 14.9. The molecule has 4 nitrogen and oxygen atoms in total. The topological polar surface area (TPSA) is 62.8 Å². The highest BCUT2D eigenvalue weighted by atomic mass is 16.1. The first kappa shape index (κ1) is 7.21. The highest BCUT2D eigenvalue weighted by molar-refractivity contribution is 6.00. The van der Waals surface area contributed by atoms with Crippen LogP contribution in [0.1, 0.15) is 28.2 Å². The average Bonchev–Trinajstić information content (AvgIpc) is 2.31. The highest BCUT2D eigenvalue weighted by Crippen LogP contribution is 2.19. The monoisotopic (exact) mass is 164 g/mol. The van der Waals surface area contributed by atoms with Crippen molar-refractivity contribution in [1.82, 2.24) is 9.97 Å². The molecule has 62 valence electrons. The van der Waals surface area contributed by atoms with Crippen LogP contribution in [0.15, 0.2) is 4.79 Å². The van der Waals surface area contributed by atoms with Crippen molar-refractivity contribution in [3.05, 3.63) is 27.4 Å². The summed E-state index contributed by atoms with van der Waals surface area (Å²) >= 11 is 0. The van der Waals surface area contributed by atoms with E-state index >= 15 is 0 Å². The molecule has 4 heteroatoms. The van der Waals surface area contributed by atoms with Gasteiger partial charge in [0.1, 0.15) is 0 Å². The van der Waals surface area contributed by atoms with Gasteiger partial charge in [-0.05, 0) is 13.3 Å². The maximum atomic E-state index is 11.2. The number of aryl methyl sites for hydroxylation is 2. The molecule has 0 atom stereocenters. The zero-order valence-electron chi connectivity index (χ0n) is 6.68. The van der Waals surface area contributed by atoms with Crippen molar-refractivity contribution in [2.45, 2.75) is 19.8 Å². The molecule has 1 heterocycles. The Kier molecular flexibility index (Phi) is 1.36. The third-order valence-corrected chi connectivity index (χ3v) is 2.06. The molecule has 0 bridgehead atoms. The molecule has 0 unspecified atom stereocenters. The van der Waals surface area contributed by atoms with Gasteiger partial charge in [0.2, 0.25) is 0 Å². The Morgan fingerprint density at radius 2 is 2.08 bits per heavy atom. The van der Waals surface area contributed by atoms with Crippen LogP contribution in [-0.2, 0) is 6.42 Å². The number of aromatic amines is 1. The summed E-state index contributed by atoms with van der Waals surface area (Å²) in [6, 6.07) is 0. The molecular weight excluding hydrogens is 156 g/mol. The lowest BCUT2D eigenvalue weighted by molar-refractivity contribution is 0.0993. The summed E-state index contributed by atoms with van der Waals surface area (Å²) < 4.78 is 0. The predicted octanol–water partition coefficient (Wildman–Crippen LogP) is 0.207. The molecule has 1 aliphatic carbocycles. The van der Waals surface area contributed by atoms with E-state index in [9.17, 15) is 9.59 Å². The second-order valence-electron chi connectivity index (χ2n) is 2.91. The van der Waals surface area contributed by atoms with Crippen LogP contribution >= 0.6 is 0 Å². The maximum Gasteiger partial charge on any atom is 0.345 e. The largest absolute Gasteiger partial charge is 0.345 e. The summed E-state index contributed by atoms with van der Waals surface area (Å²) in [6.07, 6.45) is 1.10. The number of rotatable bonds is 0. The van der Waals surface area contributed by atoms with Gasteiger partial charge >= 0.3 is 5.69 Å². The Bertz CT molecular complexity index is 406. The van der Waals surface area contributed by atoms with Crippen LogP contribution < -0.4 is 5.69 Å². The molecule has 1 aliphatic rings. The van der Waals surface area contributed by atoms with E-state index in [-0.39, 0.29) is 11.5 Å². The van der Waals surface area contributed by atoms with Gasteiger partial charge in [0.15, 0.2) is 5.78 Å². The molecule has 12 heavy (non-hydrogen) atoms. The van der Waals surface area contributed by atoms with Crippen LogP contribution in [0.5, 0.6) is 0 Å². The Balaban J connectivity index is 2.76. The van der Waals surface area contributed by atoms with Gasteiger partial charge in [0, 0.05) is 12.1 Å². The van der Waals surface area contributed by atoms with Gasteiger partial charge in [-0.2, -0.15) is 4.98 Å². The van der Waals surface area contributed by atoms with Gasteiger partial charge in [-0.25, -0.2) is 4.79 Å². The zero-order chi connectivity index (χ0) is 8.72. The molecule has 0 saturated heterocycles. The summed E-state index contributed by atoms with van der Waals surface area (Å²) in [5.41, 5.74) is 1.56. The van der Waals surface area contributed by atoms with E-state index in [1.807, 2.05) is 0 Å². The molecule has 0 aliphatic heterocycles. The van der Waals surface area contributed by atoms with Gasteiger partial charge in [0.25, 0.3) is 0 Å². The second kappa shape index (κ2) is 2.27. The lowest BCUT2D eigenvalue weighted by Crippen LogP contribution is -2.15. The first-order valence-electron chi connectivity index (χ1n) is 3.81. The molecule has 0 amide bonds. The summed E-state index contributed by atoms with van der Waals surface area (Å²) in [7, 11) is 0. The maximum absolute atomic E-state index is 11.2. The number of hydrogen-bond donors (Lipinski definition) is 1. The first-order valence-corrected chi connectivity index (χ1v) is 3.81. The van der Waals surface area contributed by atoms with Crippen LogP contribution in [0.3, 0.4) is 0 Å². The smallest absolute Gasteiger partial charge is 0.309 e. The summed E-state index contributed by atoms with van der Waals surface area (Å²) in [4.78, 5) is 28.4. The SMILES string of the molecule is Cc1[nH]c(=O)nc2c1C(=O)CC2. The minimum Gasteiger partial charge on any atom is -0.309 e. The number of nitrogens with zero attached hydrogens (tertiary/aromatic N) is 1. The van der Waals surface area contributed by atoms with Crippen molar-refractivity contribution in [3.63, 3.8) is 0 Å². The van der Waals surface area contributed by atoms with Crippen molar-refractivity contribution >= 4 is 5.78 Å². The quantitative estimate of drug-likeness (QED) is 0.596. The van der Waals surface area contributed by atoms with E-state index in [2.05, 4.69) is 9.97 Å². The van der Waals surface area contributed by atoms with E-state index in [0.717, 1.165) is 0 Å². The van der Waals surface area contributed by atoms with Crippen LogP contribution in [0, 0.1) is 6.92 Å². The number of H-pyrrole nitrogens is 1. The number of hydrogen-bond acceptors (Lipinski definition) is 3. The van der Waals surface area contributed by atoms with Crippen LogP contribution in [0.25, 0.3) is 0 Å². The molecule has 0 aromatic carbocycles. The Labute approximate surface area is 68.6 Å². The predicted molar refractivity (Wildman–Crippen MR) is 42.2 cm³/mol. The number of carbonyl (C=O) groups excluding carboxylic acids is 1. The number of fused-ring (bicyclic) bond motifs is 1. The first-order chi connectivity index (χ1) is 5.68. The molecule has 0 saturated carbocycles. The van der Waals surface area contributed by atoms with Crippen LogP contribution in [-0.4, -0.2) is 15.8 Å². The zero-order valence-corrected chi connectivity index (χ0v) is 6.68. The minimum atomic E-state index is -0.360. The third-order valence-electron chi connectivity index (χ3n) is 2.06. The summed E-state index contributed by atoms with van der Waals surface area (Å²) in [5.74, 6) is 0.0891. The lowest BCUT2D eigenvalue weighted by atomic mass is 10.2. The van der Waals surface area contributed by atoms with E-state index in [0.29, 0.717) is 29.8 Å². The Morgan fingerprint density at radius 3 is 2.83 bits per heavy atom. The molecule has 0 radical (unpaired) electrons. The molecule has 0 fully saturated rings. The fraction of sp³-hybridized carbons (Fsp3) is 0.375. The highest BCUT2D eigenvalue weighted by Gasteiger charge is 2.23. The van der Waals surface area contributed by atoms with Gasteiger partial charge in [0.05, 0.1) is 11.3 Å². The van der Waals surface area contributed by atoms with Gasteiger partial charge in [-0.1, -0.05) is 0 Å². The summed E-state index contributed by atoms with van der Waals surface area (Å²) in [5, 5.41) is 0. The number of carbonyl (C=O) groups is 1. The minimum absolute atomic E-state index is 0.0891. The second-order valence-corrected chi connectivity index (χ2v) is 2.91. The van der Waals surface area contributed by atoms with Crippen molar-refractivity contribution < 1.29 is 4.79 Å². The molecule has 1 aromatic heterocycles. The molecule has 1 N–H and O–H groups in total. The van der Waals surface area contributed by atoms with Crippen LogP contribution in [0.4, 0.5) is 0 Å². The summed E-state index contributed by atoms with van der Waals surface area (Å²) in [6.45, 7) is 1.73. The lowest BCUT2D eigenvalue weighted by Gasteiger charge is -1.98. The molecule has 0 spiro atoms. The Hall–Kier alpha value is -1.45. The van der Waals surface area contributed by atoms with Crippen molar-refractivity contribution in [2.75, 3.05) is 0 Å². The van der Waals surface area contributed by atoms with Gasteiger partial charge in [-0.3, -0.25) is 4.79 Å². The van der Waals surface area contributed by atoms with Gasteiger partial charge in [-0.15, -0.1) is 0 Å². The van der Waals surface area contributed by atoms with E-state index in [4.69, 9.17) is 0 Å². The van der Waals surface area contributed by atoms with E-state index < -0.39 is 0 Å². The van der Waals surface area contributed by atoms with E-state index in [1.54, 1.807) is 6.92 Å². The average molecular weight is 164 g/mol. The fourth-order valence-corrected chi connectivity index (χ4v) is 1.55. The van der Waals surface area contributed by atoms with Crippen molar-refractivity contribution in [3.8, 4) is 0 Å². The Morgan fingerprint density at radius 1 is 1.33 bits per heavy atom. The van der Waals surface area contributed by atoms with Crippen molar-refractivity contribution in [2.24, 2.45) is 0 Å². The number of nitrogens with one attached hydrogen (secondary N) is 1. The number of aromatic nitrogens is 2. The fourth-order valence-electron chi connectivity index (χ4n) is 1.55. The van der Waals surface area contributed by atoms with E-state index in [1.165, 1.54) is 0 Å². The standard InChI is InChI=1S/C8H8N2O2/c1-4-7-5(2-3-6(7)11)10-8(12)9-4/h2-3H2,1H3,(H,9,10,12). The molecular formula is C8H8N2O2. The molecule has 1 aromatic rings. The number of ketones is 1. The van der Waals surface area contributed by atoms with Crippen molar-refractivity contribution in [1.29, 1.82) is 0 Å². The van der Waals surface area contributed by atoms with Gasteiger partial charge < -0.3 is 4.98 Å². The van der Waals surface area contributed by atoms with Crippen LogP contribution in [0.2, 0.25) is 0 Å². The number of Topliss-reactive ketones (excluding diaryl/α,β-unsaturated/α-hetero) is 1. The molecule has 2 rings (SSSR count).